The van der Waals surface area contributed by atoms with Crippen molar-refractivity contribution in [2.24, 2.45) is 17.8 Å². The summed E-state index contributed by atoms with van der Waals surface area (Å²) in [7, 11) is 1.62. The number of hydrogen-bond donors (Lipinski definition) is 1. The zero-order valence-corrected chi connectivity index (χ0v) is 22.7. The van der Waals surface area contributed by atoms with Crippen LogP contribution in [0.1, 0.15) is 31.9 Å². The van der Waals surface area contributed by atoms with Gasteiger partial charge in [0.2, 0.25) is 5.91 Å². The number of benzene rings is 2. The molecule has 0 radical (unpaired) electrons. The number of allylic oxidation sites excluding steroid dienone is 2. The smallest absolute Gasteiger partial charge is 0.416 e. The Labute approximate surface area is 225 Å². The van der Waals surface area contributed by atoms with Crippen LogP contribution in [-0.4, -0.2) is 54.0 Å². The Morgan fingerprint density at radius 1 is 1.13 bits per heavy atom. The number of ether oxygens (including phenoxy) is 3. The molecule has 7 heteroatoms. The van der Waals surface area contributed by atoms with Gasteiger partial charge in [-0.25, -0.2) is 9.69 Å². The third kappa shape index (κ3) is 7.33. The first kappa shape index (κ1) is 29.1. The van der Waals surface area contributed by atoms with E-state index in [4.69, 9.17) is 14.2 Å². The Morgan fingerprint density at radius 3 is 2.45 bits per heavy atom. The fourth-order valence-electron chi connectivity index (χ4n) is 4.84. The van der Waals surface area contributed by atoms with Crippen LogP contribution < -0.4 is 4.74 Å². The van der Waals surface area contributed by atoms with Crippen molar-refractivity contribution in [3.8, 4) is 5.75 Å². The molecule has 1 aliphatic heterocycles. The van der Waals surface area contributed by atoms with Gasteiger partial charge in [-0.2, -0.15) is 0 Å². The average Bonchev–Trinajstić information content (AvgIpc) is 3.30. The predicted molar refractivity (Wildman–Crippen MR) is 147 cm³/mol. The number of carbonyl (C=O) groups is 2. The molecule has 204 valence electrons. The van der Waals surface area contributed by atoms with Crippen molar-refractivity contribution in [1.82, 2.24) is 4.90 Å². The largest absolute Gasteiger partial charge is 0.497 e. The minimum absolute atomic E-state index is 0.0687. The van der Waals surface area contributed by atoms with Crippen LogP contribution in [0.3, 0.4) is 0 Å². The van der Waals surface area contributed by atoms with Gasteiger partial charge in [-0.05, 0) is 29.7 Å². The fourth-order valence-corrected chi connectivity index (χ4v) is 4.84. The Morgan fingerprint density at radius 2 is 1.82 bits per heavy atom. The van der Waals surface area contributed by atoms with Gasteiger partial charge in [0.25, 0.3) is 0 Å². The maximum Gasteiger partial charge on any atom is 0.416 e. The molecule has 38 heavy (non-hydrogen) atoms. The summed E-state index contributed by atoms with van der Waals surface area (Å²) in [5, 5.41) is 11.3. The minimum Gasteiger partial charge on any atom is -0.497 e. The number of imide groups is 1. The lowest BCUT2D eigenvalue weighted by Gasteiger charge is -2.34. The maximum absolute atomic E-state index is 13.5. The molecular formula is C31H39NO6. The Hall–Kier alpha value is -3.42. The van der Waals surface area contributed by atoms with E-state index in [1.165, 1.54) is 4.90 Å². The lowest BCUT2D eigenvalue weighted by Crippen LogP contribution is -2.48. The molecule has 1 saturated heterocycles. The number of cyclic esters (lactones) is 1. The Bertz CT molecular complexity index is 1080. The third-order valence-corrected chi connectivity index (χ3v) is 7.14. The second-order valence-corrected chi connectivity index (χ2v) is 9.87. The second kappa shape index (κ2) is 13.9. The second-order valence-electron chi connectivity index (χ2n) is 9.87. The molecule has 2 amide bonds. The number of hydrogen-bond acceptors (Lipinski definition) is 6. The summed E-state index contributed by atoms with van der Waals surface area (Å²) in [5.74, 6) is -1.01. The van der Waals surface area contributed by atoms with E-state index in [0.717, 1.165) is 16.9 Å². The molecule has 6 atom stereocenters. The number of amides is 2. The van der Waals surface area contributed by atoms with Crippen molar-refractivity contribution in [2.75, 3.05) is 13.7 Å². The van der Waals surface area contributed by atoms with Crippen molar-refractivity contribution in [3.05, 3.63) is 90.5 Å². The number of aliphatic hydroxyl groups excluding tert-OH is 1. The molecule has 2 aromatic rings. The maximum atomic E-state index is 13.5. The number of methoxy groups -OCH3 is 1. The molecule has 0 spiro atoms. The van der Waals surface area contributed by atoms with Crippen molar-refractivity contribution < 1.29 is 28.9 Å². The van der Waals surface area contributed by atoms with Gasteiger partial charge in [-0.15, -0.1) is 0 Å². The topological polar surface area (TPSA) is 85.3 Å². The average molecular weight is 522 g/mol. The van der Waals surface area contributed by atoms with Gasteiger partial charge in [0.15, 0.2) is 0 Å². The molecule has 7 nitrogen and oxygen atoms in total. The summed E-state index contributed by atoms with van der Waals surface area (Å²) >= 11 is 0. The summed E-state index contributed by atoms with van der Waals surface area (Å²) < 4.78 is 16.8. The van der Waals surface area contributed by atoms with Crippen LogP contribution in [-0.2, 0) is 27.3 Å². The van der Waals surface area contributed by atoms with Crippen LogP contribution in [0.15, 0.2) is 79.4 Å². The highest BCUT2D eigenvalue weighted by Crippen LogP contribution is 2.29. The SMILES string of the molecule is C=C/C=C\[C@H](C)[C@H](OCc1ccc(OC)cc1)[C@@H](C)[C@H](O)[C@@H](C)C(=O)N1C(=O)OC[C@H]1Cc1ccccc1. The van der Waals surface area contributed by atoms with E-state index in [0.29, 0.717) is 13.0 Å². The normalized spacial score (nSPS) is 19.4. The van der Waals surface area contributed by atoms with E-state index in [1.54, 1.807) is 20.1 Å². The highest BCUT2D eigenvalue weighted by Gasteiger charge is 2.43. The summed E-state index contributed by atoms with van der Waals surface area (Å²) in [5.41, 5.74) is 1.97. The van der Waals surface area contributed by atoms with Crippen molar-refractivity contribution >= 4 is 12.0 Å². The monoisotopic (exact) mass is 521 g/mol. The molecule has 0 aromatic heterocycles. The third-order valence-electron chi connectivity index (χ3n) is 7.14. The predicted octanol–water partition coefficient (Wildman–Crippen LogP) is 5.18. The van der Waals surface area contributed by atoms with Gasteiger partial charge in [-0.1, -0.05) is 88.0 Å². The molecule has 1 fully saturated rings. The highest BCUT2D eigenvalue weighted by atomic mass is 16.6. The number of carbonyl (C=O) groups excluding carboxylic acids is 2. The van der Waals surface area contributed by atoms with Gasteiger partial charge in [0, 0.05) is 11.8 Å². The Kier molecular flexibility index (Phi) is 10.7. The number of nitrogens with zero attached hydrogens (tertiary/aromatic N) is 1. The van der Waals surface area contributed by atoms with Gasteiger partial charge in [-0.3, -0.25) is 4.79 Å². The van der Waals surface area contributed by atoms with E-state index in [9.17, 15) is 14.7 Å². The molecule has 3 rings (SSSR count). The quantitative estimate of drug-likeness (QED) is 0.366. The molecule has 1 N–H and O–H groups in total. The van der Waals surface area contributed by atoms with Crippen LogP contribution in [0, 0.1) is 17.8 Å². The number of rotatable bonds is 13. The van der Waals surface area contributed by atoms with Crippen LogP contribution in [0.25, 0.3) is 0 Å². The van der Waals surface area contributed by atoms with E-state index < -0.39 is 42.1 Å². The first-order valence-corrected chi connectivity index (χ1v) is 13.0. The molecule has 0 bridgehead atoms. The van der Waals surface area contributed by atoms with Gasteiger partial charge in [0.1, 0.15) is 12.4 Å². The van der Waals surface area contributed by atoms with Crippen LogP contribution >= 0.6 is 0 Å². The van der Waals surface area contributed by atoms with Crippen LogP contribution in [0.5, 0.6) is 5.75 Å². The summed E-state index contributed by atoms with van der Waals surface area (Å²) in [4.78, 5) is 27.2. The molecule has 1 aliphatic rings. The van der Waals surface area contributed by atoms with Crippen LogP contribution in [0.2, 0.25) is 0 Å². The molecule has 0 aliphatic carbocycles. The first-order valence-electron chi connectivity index (χ1n) is 13.0. The molecule has 2 aromatic carbocycles. The van der Waals surface area contributed by atoms with Crippen molar-refractivity contribution in [2.45, 2.75) is 52.0 Å². The summed E-state index contributed by atoms with van der Waals surface area (Å²) in [6.07, 6.45) is 3.88. The zero-order valence-electron chi connectivity index (χ0n) is 22.7. The van der Waals surface area contributed by atoms with E-state index in [1.807, 2.05) is 80.6 Å². The summed E-state index contributed by atoms with van der Waals surface area (Å²) in [6, 6.07) is 16.8. The minimum atomic E-state index is -1.05. The first-order chi connectivity index (χ1) is 18.3. The summed E-state index contributed by atoms with van der Waals surface area (Å²) in [6.45, 7) is 9.73. The van der Waals surface area contributed by atoms with E-state index >= 15 is 0 Å². The molecule has 0 saturated carbocycles. The lowest BCUT2D eigenvalue weighted by molar-refractivity contribution is -0.140. The van der Waals surface area contributed by atoms with Gasteiger partial charge < -0.3 is 19.3 Å². The standard InChI is InChI=1S/C31H39NO6/c1-6-7-11-21(2)29(37-19-25-14-16-27(36-5)17-15-25)22(3)28(33)23(4)30(34)32-26(20-38-31(32)35)18-24-12-9-8-10-13-24/h6-17,21-23,26,28-29,33H,1,18-20H2,2-5H3/b11-7-/t21-,22-,23+,26+,28-,29-/m0/s1. The van der Waals surface area contributed by atoms with Gasteiger partial charge in [0.05, 0.1) is 37.9 Å². The Balaban J connectivity index is 1.73. The van der Waals surface area contributed by atoms with E-state index in [-0.39, 0.29) is 12.5 Å². The highest BCUT2D eigenvalue weighted by molar-refractivity contribution is 5.95. The van der Waals surface area contributed by atoms with E-state index in [2.05, 4.69) is 6.58 Å². The molecular weight excluding hydrogens is 482 g/mol. The van der Waals surface area contributed by atoms with Crippen LogP contribution in [0.4, 0.5) is 4.79 Å². The molecule has 1 heterocycles. The lowest BCUT2D eigenvalue weighted by atomic mass is 9.83. The number of aliphatic hydroxyl groups is 1. The molecule has 0 unspecified atom stereocenters. The van der Waals surface area contributed by atoms with Crippen molar-refractivity contribution in [3.63, 3.8) is 0 Å². The van der Waals surface area contributed by atoms with Crippen molar-refractivity contribution in [1.29, 1.82) is 0 Å². The fraction of sp³-hybridized carbons (Fsp3) is 0.419. The van der Waals surface area contributed by atoms with Gasteiger partial charge >= 0.3 is 6.09 Å². The zero-order chi connectivity index (χ0) is 27.7.